The van der Waals surface area contributed by atoms with Gasteiger partial charge < -0.3 is 15.5 Å². The Bertz CT molecular complexity index is 542. The van der Waals surface area contributed by atoms with E-state index in [0.29, 0.717) is 6.54 Å². The van der Waals surface area contributed by atoms with Gasteiger partial charge in [-0.3, -0.25) is 9.59 Å². The SMILES string of the molecule is Cc1cc(Br)ccc1NC(=O)CNC(=O)C[NH+]1CCCCC1. The van der Waals surface area contributed by atoms with Crippen LogP contribution in [0.5, 0.6) is 0 Å². The predicted molar refractivity (Wildman–Crippen MR) is 89.9 cm³/mol. The highest BCUT2D eigenvalue weighted by Crippen LogP contribution is 2.19. The summed E-state index contributed by atoms with van der Waals surface area (Å²) < 4.78 is 0.973. The molecule has 1 aromatic rings. The monoisotopic (exact) mass is 368 g/mol. The molecule has 1 fully saturated rings. The molecule has 0 unspecified atom stereocenters. The van der Waals surface area contributed by atoms with E-state index in [0.717, 1.165) is 28.8 Å². The fraction of sp³-hybridized carbons (Fsp3) is 0.500. The molecule has 1 aliphatic heterocycles. The number of anilines is 1. The zero-order valence-corrected chi connectivity index (χ0v) is 14.5. The van der Waals surface area contributed by atoms with Crippen molar-refractivity contribution in [3.05, 3.63) is 28.2 Å². The number of hydrogen-bond donors (Lipinski definition) is 3. The minimum absolute atomic E-state index is 0.0155. The van der Waals surface area contributed by atoms with Gasteiger partial charge in [0.25, 0.3) is 5.91 Å². The van der Waals surface area contributed by atoms with E-state index >= 15 is 0 Å². The Labute approximate surface area is 139 Å². The Kier molecular flexibility index (Phi) is 6.39. The van der Waals surface area contributed by atoms with Gasteiger partial charge in [-0.2, -0.15) is 0 Å². The van der Waals surface area contributed by atoms with Crippen LogP contribution in [0.2, 0.25) is 0 Å². The second-order valence-corrected chi connectivity index (χ2v) is 6.69. The van der Waals surface area contributed by atoms with Gasteiger partial charge in [-0.25, -0.2) is 0 Å². The predicted octanol–water partition coefficient (Wildman–Crippen LogP) is 0.881. The number of hydrogen-bond acceptors (Lipinski definition) is 2. The maximum absolute atomic E-state index is 11.9. The van der Waals surface area contributed by atoms with Crippen LogP contribution >= 0.6 is 15.9 Å². The van der Waals surface area contributed by atoms with E-state index in [1.165, 1.54) is 24.2 Å². The Hall–Kier alpha value is -1.40. The van der Waals surface area contributed by atoms with E-state index in [1.807, 2.05) is 25.1 Å². The van der Waals surface area contributed by atoms with Gasteiger partial charge >= 0.3 is 0 Å². The molecule has 0 saturated carbocycles. The highest BCUT2D eigenvalue weighted by Gasteiger charge is 2.17. The summed E-state index contributed by atoms with van der Waals surface area (Å²) in [6.45, 7) is 4.51. The molecule has 0 aromatic heterocycles. The number of halogens is 1. The fourth-order valence-corrected chi connectivity index (χ4v) is 3.13. The lowest BCUT2D eigenvalue weighted by Gasteiger charge is -2.22. The number of aryl methyl sites for hydroxylation is 1. The van der Waals surface area contributed by atoms with Gasteiger partial charge in [0.05, 0.1) is 19.6 Å². The number of benzene rings is 1. The number of carbonyl (C=O) groups is 2. The summed E-state index contributed by atoms with van der Waals surface area (Å²) in [6.07, 6.45) is 3.64. The van der Waals surface area contributed by atoms with E-state index < -0.39 is 0 Å². The third-order valence-electron chi connectivity index (χ3n) is 3.88. The standard InChI is InChI=1S/C16H22BrN3O2/c1-12-9-13(17)5-6-14(12)19-15(21)10-18-16(22)11-20-7-3-2-4-8-20/h5-6,9H,2-4,7-8,10-11H2,1H3,(H,18,22)(H,19,21)/p+1. The van der Waals surface area contributed by atoms with E-state index in [2.05, 4.69) is 26.6 Å². The first-order valence-electron chi connectivity index (χ1n) is 7.71. The van der Waals surface area contributed by atoms with Gasteiger partial charge in [0.15, 0.2) is 6.54 Å². The molecule has 120 valence electrons. The molecule has 0 aliphatic carbocycles. The van der Waals surface area contributed by atoms with Crippen molar-refractivity contribution in [1.82, 2.24) is 5.32 Å². The third kappa shape index (κ3) is 5.42. The van der Waals surface area contributed by atoms with Crippen LogP contribution in [0.3, 0.4) is 0 Å². The smallest absolute Gasteiger partial charge is 0.275 e. The van der Waals surface area contributed by atoms with Gasteiger partial charge in [-0.15, -0.1) is 0 Å². The first kappa shape index (κ1) is 17.0. The van der Waals surface area contributed by atoms with Crippen molar-refractivity contribution in [3.63, 3.8) is 0 Å². The third-order valence-corrected chi connectivity index (χ3v) is 4.37. The number of rotatable bonds is 5. The maximum Gasteiger partial charge on any atom is 0.275 e. The van der Waals surface area contributed by atoms with E-state index in [9.17, 15) is 9.59 Å². The molecular weight excluding hydrogens is 346 g/mol. The molecule has 1 aliphatic rings. The van der Waals surface area contributed by atoms with Gasteiger partial charge in [-0.1, -0.05) is 15.9 Å². The van der Waals surface area contributed by atoms with E-state index in [1.54, 1.807) is 0 Å². The Morgan fingerprint density at radius 2 is 1.91 bits per heavy atom. The van der Waals surface area contributed by atoms with Crippen LogP contribution in [0.1, 0.15) is 24.8 Å². The van der Waals surface area contributed by atoms with Crippen molar-refractivity contribution in [2.24, 2.45) is 0 Å². The lowest BCUT2D eigenvalue weighted by molar-refractivity contribution is -0.896. The summed E-state index contributed by atoms with van der Waals surface area (Å²) in [4.78, 5) is 25.1. The normalized spacial score (nSPS) is 15.4. The Morgan fingerprint density at radius 3 is 2.59 bits per heavy atom. The van der Waals surface area contributed by atoms with Crippen molar-refractivity contribution in [2.45, 2.75) is 26.2 Å². The van der Waals surface area contributed by atoms with Crippen molar-refractivity contribution in [2.75, 3.05) is 31.5 Å². The summed E-state index contributed by atoms with van der Waals surface area (Å²) in [6, 6.07) is 5.66. The molecule has 22 heavy (non-hydrogen) atoms. The summed E-state index contributed by atoms with van der Waals surface area (Å²) in [5, 5.41) is 5.51. The second kappa shape index (κ2) is 8.29. The molecule has 1 heterocycles. The van der Waals surface area contributed by atoms with Gasteiger partial charge in [0.1, 0.15) is 0 Å². The Morgan fingerprint density at radius 1 is 1.18 bits per heavy atom. The van der Waals surface area contributed by atoms with Crippen LogP contribution in [0.25, 0.3) is 0 Å². The van der Waals surface area contributed by atoms with Crippen LogP contribution in [-0.4, -0.2) is 38.0 Å². The second-order valence-electron chi connectivity index (χ2n) is 5.77. The summed E-state index contributed by atoms with van der Waals surface area (Å²) in [5.41, 5.74) is 1.75. The molecule has 2 rings (SSSR count). The van der Waals surface area contributed by atoms with Crippen molar-refractivity contribution in [3.8, 4) is 0 Å². The molecular formula is C16H23BrN3O2+. The number of likely N-dealkylation sites (tertiary alicyclic amines) is 1. The van der Waals surface area contributed by atoms with Gasteiger partial charge in [-0.05, 0) is 49.9 Å². The molecule has 0 atom stereocenters. The van der Waals surface area contributed by atoms with Gasteiger partial charge in [0, 0.05) is 10.2 Å². The molecule has 3 N–H and O–H groups in total. The molecule has 1 saturated heterocycles. The zero-order valence-electron chi connectivity index (χ0n) is 12.9. The number of piperidine rings is 1. The number of quaternary nitrogens is 1. The molecule has 0 bridgehead atoms. The largest absolute Gasteiger partial charge is 0.342 e. The molecule has 2 amide bonds. The Balaban J connectivity index is 1.73. The number of carbonyl (C=O) groups excluding carboxylic acids is 2. The van der Waals surface area contributed by atoms with Crippen molar-refractivity contribution in [1.29, 1.82) is 0 Å². The maximum atomic E-state index is 11.9. The van der Waals surface area contributed by atoms with E-state index in [-0.39, 0.29) is 18.4 Å². The topological polar surface area (TPSA) is 62.6 Å². The minimum Gasteiger partial charge on any atom is -0.342 e. The molecule has 1 aromatic carbocycles. The average molecular weight is 369 g/mol. The average Bonchev–Trinajstić information content (AvgIpc) is 2.49. The molecule has 0 spiro atoms. The first-order chi connectivity index (χ1) is 10.5. The minimum atomic E-state index is -0.201. The summed E-state index contributed by atoms with van der Waals surface area (Å²) >= 11 is 3.39. The zero-order chi connectivity index (χ0) is 15.9. The van der Waals surface area contributed by atoms with E-state index in [4.69, 9.17) is 0 Å². The van der Waals surface area contributed by atoms with Crippen LogP contribution in [0, 0.1) is 6.92 Å². The van der Waals surface area contributed by atoms with Gasteiger partial charge in [0.2, 0.25) is 5.91 Å². The number of amides is 2. The lowest BCUT2D eigenvalue weighted by atomic mass is 10.1. The summed E-state index contributed by atoms with van der Waals surface area (Å²) in [5.74, 6) is -0.257. The first-order valence-corrected chi connectivity index (χ1v) is 8.50. The molecule has 5 nitrogen and oxygen atoms in total. The lowest BCUT2D eigenvalue weighted by Crippen LogP contribution is -3.13. The van der Waals surface area contributed by atoms with Crippen LogP contribution in [0.4, 0.5) is 5.69 Å². The number of nitrogens with one attached hydrogen (secondary N) is 3. The van der Waals surface area contributed by atoms with Crippen LogP contribution < -0.4 is 15.5 Å². The van der Waals surface area contributed by atoms with Crippen LogP contribution in [0.15, 0.2) is 22.7 Å². The van der Waals surface area contributed by atoms with Crippen LogP contribution in [-0.2, 0) is 9.59 Å². The quantitative estimate of drug-likeness (QED) is 0.722. The summed E-state index contributed by atoms with van der Waals surface area (Å²) in [7, 11) is 0. The fourth-order valence-electron chi connectivity index (χ4n) is 2.66. The molecule has 0 radical (unpaired) electrons. The highest BCUT2D eigenvalue weighted by molar-refractivity contribution is 9.10. The highest BCUT2D eigenvalue weighted by atomic mass is 79.9. The van der Waals surface area contributed by atoms with Crippen molar-refractivity contribution >= 4 is 33.4 Å². The van der Waals surface area contributed by atoms with Crippen molar-refractivity contribution < 1.29 is 14.5 Å². The molecule has 6 heteroatoms.